The summed E-state index contributed by atoms with van der Waals surface area (Å²) in [6, 6.07) is 18.5. The normalized spacial score (nSPS) is 18.7. The number of carboxylic acid groups (broad SMARTS) is 1. The van der Waals surface area contributed by atoms with Crippen LogP contribution in [0.4, 0.5) is 11.4 Å². The highest BCUT2D eigenvalue weighted by Gasteiger charge is 2.36. The smallest absolute Gasteiger partial charge is 0.304 e. The topological polar surface area (TPSA) is 112 Å². The Balaban J connectivity index is 1.54. The molecule has 0 amide bonds. The van der Waals surface area contributed by atoms with Gasteiger partial charge < -0.3 is 20.9 Å². The Kier molecular flexibility index (Phi) is 7.00. The van der Waals surface area contributed by atoms with Crippen LogP contribution in [-0.4, -0.2) is 35.2 Å². The molecule has 0 fully saturated rings. The molecule has 202 valence electrons. The van der Waals surface area contributed by atoms with E-state index in [1.807, 2.05) is 44.3 Å². The summed E-state index contributed by atoms with van der Waals surface area (Å²) in [5, 5.41) is 22.4. The van der Waals surface area contributed by atoms with Gasteiger partial charge in [-0.1, -0.05) is 24.3 Å². The molecule has 5 rings (SSSR count). The van der Waals surface area contributed by atoms with E-state index in [2.05, 4.69) is 48.3 Å². The molecule has 0 saturated carbocycles. The van der Waals surface area contributed by atoms with Crippen molar-refractivity contribution in [3.63, 3.8) is 0 Å². The molecule has 3 aromatic rings. The van der Waals surface area contributed by atoms with Gasteiger partial charge in [-0.25, -0.2) is 0 Å². The molecule has 1 aliphatic carbocycles. The molecule has 1 heterocycles. The fraction of sp³-hybridized carbons (Fsp3) is 0.375. The molecule has 7 heteroatoms. The van der Waals surface area contributed by atoms with Gasteiger partial charge in [0.2, 0.25) is 0 Å². The Morgan fingerprint density at radius 3 is 2.74 bits per heavy atom. The number of nitrogen functional groups attached to an aromatic ring is 1. The zero-order valence-electron chi connectivity index (χ0n) is 23.0. The van der Waals surface area contributed by atoms with Gasteiger partial charge >= 0.3 is 5.97 Å². The van der Waals surface area contributed by atoms with Crippen molar-refractivity contribution in [2.75, 3.05) is 24.6 Å². The molecule has 39 heavy (non-hydrogen) atoms. The maximum atomic E-state index is 12.0. The Bertz CT molecular complexity index is 1470. The standard InChI is InChI=1S/C32H36N4O3/c1-19-24(9-10-27(35-4)31(19)34)25(15-30(37)38)22-7-6-21-8-11-28(26(21)14-22)36-17-23-13-20(16-33)5-12-29(23)39-32(2,3)18-36/h5-7,9-10,12-14,25,28,35H,8,11,15,17-18,34H2,1-4H3,(H,37,38). The van der Waals surface area contributed by atoms with Crippen molar-refractivity contribution in [1.29, 1.82) is 5.26 Å². The lowest BCUT2D eigenvalue weighted by Crippen LogP contribution is -2.41. The Morgan fingerprint density at radius 1 is 1.23 bits per heavy atom. The van der Waals surface area contributed by atoms with Crippen LogP contribution in [0, 0.1) is 18.3 Å². The molecular formula is C32H36N4O3. The minimum absolute atomic E-state index is 0.0163. The van der Waals surface area contributed by atoms with Gasteiger partial charge in [0, 0.05) is 37.7 Å². The van der Waals surface area contributed by atoms with Crippen LogP contribution < -0.4 is 15.8 Å². The van der Waals surface area contributed by atoms with Crippen molar-refractivity contribution in [3.8, 4) is 11.8 Å². The van der Waals surface area contributed by atoms with E-state index < -0.39 is 11.6 Å². The highest BCUT2D eigenvalue weighted by atomic mass is 16.5. The summed E-state index contributed by atoms with van der Waals surface area (Å²) in [6.07, 6.45) is 1.93. The summed E-state index contributed by atoms with van der Waals surface area (Å²) in [7, 11) is 1.83. The number of nitrogens with one attached hydrogen (secondary N) is 1. The van der Waals surface area contributed by atoms with Crippen LogP contribution in [0.15, 0.2) is 48.5 Å². The van der Waals surface area contributed by atoms with Crippen molar-refractivity contribution < 1.29 is 14.6 Å². The van der Waals surface area contributed by atoms with Crippen molar-refractivity contribution in [1.82, 2.24) is 4.90 Å². The number of rotatable bonds is 6. The number of aliphatic carboxylic acids is 1. The van der Waals surface area contributed by atoms with Gasteiger partial charge in [0.1, 0.15) is 11.4 Å². The number of nitrogens with two attached hydrogens (primary N) is 1. The molecule has 7 nitrogen and oxygen atoms in total. The number of nitriles is 1. The molecule has 0 aromatic heterocycles. The van der Waals surface area contributed by atoms with E-state index in [1.54, 1.807) is 0 Å². The van der Waals surface area contributed by atoms with Crippen molar-refractivity contribution in [2.45, 2.75) is 64.1 Å². The molecule has 2 atom stereocenters. The number of carboxylic acids is 1. The molecular weight excluding hydrogens is 488 g/mol. The number of nitrogens with zero attached hydrogens (tertiary/aromatic N) is 2. The summed E-state index contributed by atoms with van der Waals surface area (Å²) in [5.41, 5.74) is 14.5. The third-order valence-corrected chi connectivity index (χ3v) is 8.17. The van der Waals surface area contributed by atoms with E-state index in [1.165, 1.54) is 11.1 Å². The van der Waals surface area contributed by atoms with Gasteiger partial charge in [0.15, 0.2) is 0 Å². The average molecular weight is 525 g/mol. The molecule has 0 bridgehead atoms. The van der Waals surface area contributed by atoms with Gasteiger partial charge in [0.05, 0.1) is 29.4 Å². The van der Waals surface area contributed by atoms with Crippen LogP contribution in [0.25, 0.3) is 0 Å². The SMILES string of the molecule is CNc1ccc(C(CC(=O)O)c2ccc3c(c2)C(N2Cc4cc(C#N)ccc4OC(C)(C)C2)CC3)c(C)c1N. The maximum absolute atomic E-state index is 12.0. The van der Waals surface area contributed by atoms with Crippen molar-refractivity contribution in [3.05, 3.63) is 87.5 Å². The lowest BCUT2D eigenvalue weighted by atomic mass is 9.84. The molecule has 0 spiro atoms. The summed E-state index contributed by atoms with van der Waals surface area (Å²) in [6.45, 7) is 7.58. The number of ether oxygens (including phenoxy) is 1. The predicted octanol–water partition coefficient (Wildman–Crippen LogP) is 5.76. The average Bonchev–Trinajstić information content (AvgIpc) is 3.26. The van der Waals surface area contributed by atoms with Crippen LogP contribution in [0.2, 0.25) is 0 Å². The zero-order chi connectivity index (χ0) is 27.9. The number of fused-ring (bicyclic) bond motifs is 2. The second kappa shape index (κ2) is 10.3. The third kappa shape index (κ3) is 5.17. The van der Waals surface area contributed by atoms with Crippen LogP contribution in [0.5, 0.6) is 5.75 Å². The molecule has 0 radical (unpaired) electrons. The number of hydrogen-bond donors (Lipinski definition) is 3. The van der Waals surface area contributed by atoms with Gasteiger partial charge in [-0.3, -0.25) is 9.69 Å². The highest BCUT2D eigenvalue weighted by molar-refractivity contribution is 5.74. The van der Waals surface area contributed by atoms with Crippen LogP contribution in [-0.2, 0) is 17.8 Å². The number of anilines is 2. The lowest BCUT2D eigenvalue weighted by molar-refractivity contribution is -0.137. The van der Waals surface area contributed by atoms with Crippen molar-refractivity contribution in [2.24, 2.45) is 0 Å². The Hall–Kier alpha value is -4.02. The van der Waals surface area contributed by atoms with E-state index >= 15 is 0 Å². The van der Waals surface area contributed by atoms with E-state index in [9.17, 15) is 15.2 Å². The van der Waals surface area contributed by atoms with E-state index in [0.29, 0.717) is 17.8 Å². The summed E-state index contributed by atoms with van der Waals surface area (Å²) in [5.74, 6) is -0.331. The first-order chi connectivity index (χ1) is 18.6. The van der Waals surface area contributed by atoms with Crippen LogP contribution in [0.1, 0.15) is 77.6 Å². The van der Waals surface area contributed by atoms with E-state index in [4.69, 9.17) is 10.5 Å². The van der Waals surface area contributed by atoms with E-state index in [0.717, 1.165) is 53.1 Å². The Labute approximate surface area is 230 Å². The first-order valence-electron chi connectivity index (χ1n) is 13.5. The minimum atomic E-state index is -0.843. The predicted molar refractivity (Wildman–Crippen MR) is 153 cm³/mol. The zero-order valence-corrected chi connectivity index (χ0v) is 23.0. The van der Waals surface area contributed by atoms with Gasteiger partial charge in [-0.05, 0) is 85.7 Å². The quantitative estimate of drug-likeness (QED) is 0.352. The van der Waals surface area contributed by atoms with Gasteiger partial charge in [-0.2, -0.15) is 5.26 Å². The number of benzene rings is 3. The molecule has 1 aliphatic heterocycles. The van der Waals surface area contributed by atoms with Crippen molar-refractivity contribution >= 4 is 17.3 Å². The van der Waals surface area contributed by atoms with Gasteiger partial charge in [-0.15, -0.1) is 0 Å². The third-order valence-electron chi connectivity index (χ3n) is 8.17. The fourth-order valence-electron chi connectivity index (χ4n) is 6.30. The first-order valence-corrected chi connectivity index (χ1v) is 13.5. The molecule has 2 unspecified atom stereocenters. The maximum Gasteiger partial charge on any atom is 0.304 e. The lowest BCUT2D eigenvalue weighted by Gasteiger charge is -2.34. The summed E-state index contributed by atoms with van der Waals surface area (Å²) in [4.78, 5) is 14.5. The summed E-state index contributed by atoms with van der Waals surface area (Å²) >= 11 is 0. The molecule has 4 N–H and O–H groups in total. The first kappa shape index (κ1) is 26.6. The molecule has 2 aliphatic rings. The van der Waals surface area contributed by atoms with Crippen LogP contribution >= 0.6 is 0 Å². The van der Waals surface area contributed by atoms with E-state index in [-0.39, 0.29) is 18.4 Å². The largest absolute Gasteiger partial charge is 0.486 e. The number of aryl methyl sites for hydroxylation is 1. The van der Waals surface area contributed by atoms with Crippen LogP contribution in [0.3, 0.4) is 0 Å². The minimum Gasteiger partial charge on any atom is -0.486 e. The number of carbonyl (C=O) groups is 1. The summed E-state index contributed by atoms with van der Waals surface area (Å²) < 4.78 is 6.40. The Morgan fingerprint density at radius 2 is 2.03 bits per heavy atom. The second-order valence-corrected chi connectivity index (χ2v) is 11.4. The number of hydrogen-bond acceptors (Lipinski definition) is 6. The molecule has 3 aromatic carbocycles. The van der Waals surface area contributed by atoms with Gasteiger partial charge in [0.25, 0.3) is 0 Å². The second-order valence-electron chi connectivity index (χ2n) is 11.4. The molecule has 0 saturated heterocycles. The fourth-order valence-corrected chi connectivity index (χ4v) is 6.30. The highest BCUT2D eigenvalue weighted by Crippen LogP contribution is 2.43. The monoisotopic (exact) mass is 524 g/mol.